The molecule has 0 radical (unpaired) electrons. The number of ether oxygens (including phenoxy) is 3. The summed E-state index contributed by atoms with van der Waals surface area (Å²) in [6, 6.07) is 15.0. The van der Waals surface area contributed by atoms with Crippen molar-refractivity contribution in [3.63, 3.8) is 0 Å². The molecule has 0 aliphatic rings. The van der Waals surface area contributed by atoms with Gasteiger partial charge >= 0.3 is 24.1 Å². The molecule has 224 valence electrons. The van der Waals surface area contributed by atoms with Crippen molar-refractivity contribution in [2.75, 3.05) is 0 Å². The van der Waals surface area contributed by atoms with Gasteiger partial charge in [0.15, 0.2) is 6.10 Å². The Morgan fingerprint density at radius 2 is 1.10 bits per heavy atom. The maximum Gasteiger partial charge on any atom is 0.408 e. The van der Waals surface area contributed by atoms with E-state index in [1.54, 1.807) is 102 Å². The fraction of sp³-hybridized carbons (Fsp3) is 0.467. The van der Waals surface area contributed by atoms with Gasteiger partial charge in [0, 0.05) is 0 Å². The predicted molar refractivity (Wildman–Crippen MR) is 150 cm³/mol. The van der Waals surface area contributed by atoms with Crippen LogP contribution in [0.1, 0.15) is 52.7 Å². The zero-order valence-corrected chi connectivity index (χ0v) is 24.2. The van der Waals surface area contributed by atoms with E-state index in [4.69, 9.17) is 14.2 Å². The van der Waals surface area contributed by atoms with Gasteiger partial charge in [-0.25, -0.2) is 19.2 Å². The van der Waals surface area contributed by atoms with Crippen LogP contribution in [0.3, 0.4) is 0 Å². The lowest BCUT2D eigenvalue weighted by molar-refractivity contribution is -0.173. The number of carbonyl (C=O) groups is 4. The SMILES string of the molecule is CC(C)(C)OC(=O)N[C@H](Cc1ccccc1)[C@H](O)C(=O)O[C@H](C(=O)O)[C@@H](Cc1ccccc1)NC(=O)OC(C)(C)C. The number of carboxylic acid groups (broad SMARTS) is 1. The summed E-state index contributed by atoms with van der Waals surface area (Å²) in [5.41, 5.74) is -0.377. The van der Waals surface area contributed by atoms with Crippen LogP contribution in [0.5, 0.6) is 0 Å². The molecule has 2 amide bonds. The maximum atomic E-state index is 13.2. The highest BCUT2D eigenvalue weighted by Gasteiger charge is 2.38. The Bertz CT molecular complexity index is 1160. The number of hydrogen-bond donors (Lipinski definition) is 4. The van der Waals surface area contributed by atoms with E-state index >= 15 is 0 Å². The first-order valence-electron chi connectivity index (χ1n) is 13.2. The molecular weight excluding hydrogens is 532 g/mol. The number of esters is 1. The summed E-state index contributed by atoms with van der Waals surface area (Å²) >= 11 is 0. The molecule has 0 heterocycles. The Morgan fingerprint density at radius 1 is 0.707 bits per heavy atom. The minimum atomic E-state index is -1.97. The molecule has 11 heteroatoms. The van der Waals surface area contributed by atoms with Crippen molar-refractivity contribution in [2.45, 2.75) is 89.9 Å². The molecule has 2 aromatic carbocycles. The van der Waals surface area contributed by atoms with Crippen LogP contribution in [0.25, 0.3) is 0 Å². The third kappa shape index (κ3) is 12.3. The lowest BCUT2D eigenvalue weighted by atomic mass is 10.00. The monoisotopic (exact) mass is 572 g/mol. The van der Waals surface area contributed by atoms with Gasteiger partial charge in [0.25, 0.3) is 0 Å². The van der Waals surface area contributed by atoms with Crippen molar-refractivity contribution < 1.29 is 43.6 Å². The average molecular weight is 573 g/mol. The van der Waals surface area contributed by atoms with Crippen molar-refractivity contribution in [2.24, 2.45) is 0 Å². The van der Waals surface area contributed by atoms with Crippen molar-refractivity contribution in [1.82, 2.24) is 10.6 Å². The Kier molecular flexibility index (Phi) is 11.7. The first kappa shape index (κ1) is 33.1. The second kappa shape index (κ2) is 14.5. The van der Waals surface area contributed by atoms with Crippen molar-refractivity contribution in [3.05, 3.63) is 71.8 Å². The van der Waals surface area contributed by atoms with Crippen LogP contribution in [0.15, 0.2) is 60.7 Å². The molecule has 4 N–H and O–H groups in total. The highest BCUT2D eigenvalue weighted by Crippen LogP contribution is 2.16. The van der Waals surface area contributed by atoms with E-state index in [9.17, 15) is 29.4 Å². The third-order valence-electron chi connectivity index (χ3n) is 5.48. The average Bonchev–Trinajstić information content (AvgIpc) is 2.84. The molecule has 0 unspecified atom stereocenters. The first-order chi connectivity index (χ1) is 19.0. The molecule has 0 aliphatic heterocycles. The van der Waals surface area contributed by atoms with Gasteiger partial charge in [-0.15, -0.1) is 0 Å². The number of aliphatic hydroxyl groups is 1. The normalized spacial score (nSPS) is 14.5. The lowest BCUT2D eigenvalue weighted by Gasteiger charge is -2.29. The highest BCUT2D eigenvalue weighted by molar-refractivity contribution is 5.82. The molecule has 11 nitrogen and oxygen atoms in total. The minimum Gasteiger partial charge on any atom is -0.478 e. The number of aliphatic hydroxyl groups excluding tert-OH is 1. The Morgan fingerprint density at radius 3 is 1.49 bits per heavy atom. The van der Waals surface area contributed by atoms with Gasteiger partial charge in [-0.3, -0.25) is 0 Å². The second-order valence-electron chi connectivity index (χ2n) is 11.5. The molecule has 0 bridgehead atoms. The third-order valence-corrected chi connectivity index (χ3v) is 5.48. The molecule has 0 saturated carbocycles. The summed E-state index contributed by atoms with van der Waals surface area (Å²) in [5.74, 6) is -2.86. The second-order valence-corrected chi connectivity index (χ2v) is 11.5. The molecule has 41 heavy (non-hydrogen) atoms. The Hall–Kier alpha value is -4.12. The van der Waals surface area contributed by atoms with E-state index in [-0.39, 0.29) is 12.8 Å². The van der Waals surface area contributed by atoms with Gasteiger partial charge in [-0.2, -0.15) is 0 Å². The van der Waals surface area contributed by atoms with Gasteiger partial charge in [-0.1, -0.05) is 60.7 Å². The molecule has 0 saturated heterocycles. The summed E-state index contributed by atoms with van der Waals surface area (Å²) in [6.45, 7) is 9.92. The fourth-order valence-electron chi connectivity index (χ4n) is 3.79. The first-order valence-corrected chi connectivity index (χ1v) is 13.2. The molecule has 0 aliphatic carbocycles. The quantitative estimate of drug-likeness (QED) is 0.233. The number of benzene rings is 2. The summed E-state index contributed by atoms with van der Waals surface area (Å²) in [6.07, 6.45) is -5.67. The molecule has 4 atom stereocenters. The topological polar surface area (TPSA) is 160 Å². The van der Waals surface area contributed by atoms with Crippen molar-refractivity contribution in [3.8, 4) is 0 Å². The van der Waals surface area contributed by atoms with Crippen LogP contribution < -0.4 is 10.6 Å². The van der Waals surface area contributed by atoms with Gasteiger partial charge in [0.05, 0.1) is 12.1 Å². The summed E-state index contributed by atoms with van der Waals surface area (Å²) in [5, 5.41) is 25.9. The number of carboxylic acids is 1. The van der Waals surface area contributed by atoms with Gasteiger partial charge < -0.3 is 35.1 Å². The summed E-state index contributed by atoms with van der Waals surface area (Å²) < 4.78 is 15.8. The number of alkyl carbamates (subject to hydrolysis) is 2. The number of aliphatic carboxylic acids is 1. The van der Waals surface area contributed by atoms with Crippen LogP contribution in [-0.2, 0) is 36.6 Å². The van der Waals surface area contributed by atoms with Gasteiger partial charge in [0.1, 0.15) is 11.2 Å². The van der Waals surface area contributed by atoms with E-state index in [1.807, 2.05) is 0 Å². The van der Waals surface area contributed by atoms with E-state index in [0.717, 1.165) is 0 Å². The van der Waals surface area contributed by atoms with Gasteiger partial charge in [-0.05, 0) is 65.5 Å². The Labute approximate surface area is 240 Å². The van der Waals surface area contributed by atoms with Crippen LogP contribution >= 0.6 is 0 Å². The molecule has 2 rings (SSSR count). The smallest absolute Gasteiger partial charge is 0.408 e. The molecule has 2 aromatic rings. The summed E-state index contributed by atoms with van der Waals surface area (Å²) in [7, 11) is 0. The van der Waals surface area contributed by atoms with Crippen molar-refractivity contribution >= 4 is 24.1 Å². The number of hydrogen-bond acceptors (Lipinski definition) is 8. The Balaban J connectivity index is 2.31. The van der Waals surface area contributed by atoms with E-state index < -0.39 is 59.6 Å². The minimum absolute atomic E-state index is 0.0116. The van der Waals surface area contributed by atoms with Crippen LogP contribution in [0.2, 0.25) is 0 Å². The molecule has 0 aromatic heterocycles. The molecule has 0 spiro atoms. The van der Waals surface area contributed by atoms with E-state index in [2.05, 4.69) is 10.6 Å². The zero-order chi connectivity index (χ0) is 30.8. The van der Waals surface area contributed by atoms with Crippen LogP contribution in [0.4, 0.5) is 9.59 Å². The number of nitrogens with one attached hydrogen (secondary N) is 2. The largest absolute Gasteiger partial charge is 0.478 e. The standard InChI is InChI=1S/C30H40N2O9/c1-29(2,3)40-27(37)31-21(17-19-13-9-7-10-14-19)23(33)26(36)39-24(25(34)35)22(18-20-15-11-8-12-16-20)32-28(38)41-30(4,5)6/h7-16,21-24,33H,17-18H2,1-6H3,(H,31,37)(H,32,38)(H,34,35)/t21-,22-,23+,24+/m1/s1. The highest BCUT2D eigenvalue weighted by atomic mass is 16.6. The van der Waals surface area contributed by atoms with Gasteiger partial charge in [0.2, 0.25) is 6.10 Å². The fourth-order valence-corrected chi connectivity index (χ4v) is 3.79. The molecular formula is C30H40N2O9. The zero-order valence-electron chi connectivity index (χ0n) is 24.2. The van der Waals surface area contributed by atoms with Crippen LogP contribution in [0, 0.1) is 0 Å². The maximum absolute atomic E-state index is 13.2. The number of amides is 2. The van der Waals surface area contributed by atoms with E-state index in [1.165, 1.54) is 0 Å². The summed E-state index contributed by atoms with van der Waals surface area (Å²) in [4.78, 5) is 50.6. The lowest BCUT2D eigenvalue weighted by Crippen LogP contribution is -2.54. The predicted octanol–water partition coefficient (Wildman–Crippen LogP) is 3.62. The van der Waals surface area contributed by atoms with Crippen LogP contribution in [-0.4, -0.2) is 69.8 Å². The van der Waals surface area contributed by atoms with E-state index in [0.29, 0.717) is 11.1 Å². The number of rotatable bonds is 11. The number of carbonyl (C=O) groups excluding carboxylic acids is 3. The molecule has 0 fully saturated rings. The van der Waals surface area contributed by atoms with Crippen molar-refractivity contribution in [1.29, 1.82) is 0 Å².